The Morgan fingerprint density at radius 1 is 1.32 bits per heavy atom. The molecular weight excluding hydrogens is 259 g/mol. The first-order chi connectivity index (χ1) is 8.80. The van der Waals surface area contributed by atoms with E-state index < -0.39 is 17.9 Å². The Morgan fingerprint density at radius 3 is 2.53 bits per heavy atom. The summed E-state index contributed by atoms with van der Waals surface area (Å²) in [5, 5.41) is 0. The Morgan fingerprint density at radius 2 is 1.95 bits per heavy atom. The maximum absolute atomic E-state index is 12.9. The van der Waals surface area contributed by atoms with Crippen molar-refractivity contribution in [1.29, 1.82) is 0 Å². The van der Waals surface area contributed by atoms with Crippen LogP contribution in [0.5, 0.6) is 0 Å². The van der Waals surface area contributed by atoms with Gasteiger partial charge in [-0.3, -0.25) is 4.79 Å². The van der Waals surface area contributed by atoms with Gasteiger partial charge in [0.2, 0.25) is 11.7 Å². The first kappa shape index (κ1) is 13.4. The van der Waals surface area contributed by atoms with Crippen molar-refractivity contribution in [3.05, 3.63) is 30.1 Å². The monoisotopic (exact) mass is 271 g/mol. The summed E-state index contributed by atoms with van der Waals surface area (Å²) in [5.74, 6) is -1.47. The Balaban J connectivity index is 2.58. The van der Waals surface area contributed by atoms with Gasteiger partial charge in [0.15, 0.2) is 0 Å². The fourth-order valence-corrected chi connectivity index (χ4v) is 1.73. The van der Waals surface area contributed by atoms with E-state index in [-0.39, 0.29) is 12.1 Å². The average Bonchev–Trinajstić information content (AvgIpc) is 2.68. The fraction of sp³-hybridized carbons (Fsp3) is 0.333. The number of aromatic nitrogens is 2. The molecule has 0 aliphatic rings. The third kappa shape index (κ3) is 2.54. The number of carbonyl (C=O) groups excluding carboxylic acids is 1. The highest BCUT2D eigenvalue weighted by molar-refractivity contribution is 5.81. The van der Waals surface area contributed by atoms with Crippen LogP contribution in [0.2, 0.25) is 0 Å². The highest BCUT2D eigenvalue weighted by atomic mass is 19.4. The van der Waals surface area contributed by atoms with E-state index in [9.17, 15) is 18.0 Å². The molecule has 0 saturated carbocycles. The van der Waals surface area contributed by atoms with Gasteiger partial charge >= 0.3 is 6.18 Å². The van der Waals surface area contributed by atoms with Gasteiger partial charge < -0.3 is 9.47 Å². The summed E-state index contributed by atoms with van der Waals surface area (Å²) in [6, 6.07) is 6.22. The van der Waals surface area contributed by atoms with E-state index >= 15 is 0 Å². The van der Waals surface area contributed by atoms with Gasteiger partial charge in [-0.05, 0) is 12.1 Å². The van der Waals surface area contributed by atoms with Gasteiger partial charge in [-0.15, -0.1) is 0 Å². The van der Waals surface area contributed by atoms with Gasteiger partial charge in [0.25, 0.3) is 0 Å². The second-order valence-corrected chi connectivity index (χ2v) is 4.30. The maximum atomic E-state index is 12.9. The van der Waals surface area contributed by atoms with Crippen molar-refractivity contribution >= 4 is 16.9 Å². The summed E-state index contributed by atoms with van der Waals surface area (Å²) in [6.07, 6.45) is -4.59. The number of halogens is 3. The molecule has 1 aromatic heterocycles. The number of fused-ring (bicyclic) bond motifs is 1. The molecule has 0 aliphatic heterocycles. The van der Waals surface area contributed by atoms with Gasteiger partial charge in [-0.2, -0.15) is 13.2 Å². The summed E-state index contributed by atoms with van der Waals surface area (Å²) >= 11 is 0. The molecule has 7 heteroatoms. The van der Waals surface area contributed by atoms with Gasteiger partial charge in [0, 0.05) is 14.1 Å². The highest BCUT2D eigenvalue weighted by Gasteiger charge is 2.38. The molecule has 19 heavy (non-hydrogen) atoms. The van der Waals surface area contributed by atoms with Crippen LogP contribution in [0.4, 0.5) is 13.2 Å². The van der Waals surface area contributed by atoms with Crippen LogP contribution in [0.1, 0.15) is 5.82 Å². The number of likely N-dealkylation sites (N-methyl/N-ethyl adjacent to an activating group) is 1. The van der Waals surface area contributed by atoms with Gasteiger partial charge in [-0.25, -0.2) is 4.98 Å². The fourth-order valence-electron chi connectivity index (χ4n) is 1.73. The second-order valence-electron chi connectivity index (χ2n) is 4.30. The molecule has 0 aliphatic carbocycles. The molecule has 1 aromatic carbocycles. The van der Waals surface area contributed by atoms with Crippen molar-refractivity contribution in [1.82, 2.24) is 14.5 Å². The second kappa shape index (κ2) is 4.56. The SMILES string of the molecule is CN(C)C(=O)Cn1c(C(F)(F)F)nc2ccccc21. The lowest BCUT2D eigenvalue weighted by Crippen LogP contribution is -2.28. The first-order valence-electron chi connectivity index (χ1n) is 5.53. The summed E-state index contributed by atoms with van der Waals surface area (Å²) in [6.45, 7) is -0.387. The average molecular weight is 271 g/mol. The van der Waals surface area contributed by atoms with Crippen LogP contribution in [0, 0.1) is 0 Å². The molecule has 2 aromatic rings. The van der Waals surface area contributed by atoms with E-state index in [1.165, 1.54) is 31.1 Å². The van der Waals surface area contributed by atoms with Crippen LogP contribution in [-0.4, -0.2) is 34.5 Å². The molecule has 1 amide bonds. The number of carbonyl (C=O) groups is 1. The quantitative estimate of drug-likeness (QED) is 0.839. The molecule has 0 unspecified atom stereocenters. The van der Waals surface area contributed by atoms with E-state index in [4.69, 9.17) is 0 Å². The number of nitrogens with zero attached hydrogens (tertiary/aromatic N) is 3. The van der Waals surface area contributed by atoms with E-state index in [2.05, 4.69) is 4.98 Å². The lowest BCUT2D eigenvalue weighted by molar-refractivity contribution is -0.147. The van der Waals surface area contributed by atoms with Crippen molar-refractivity contribution in [2.75, 3.05) is 14.1 Å². The molecule has 4 nitrogen and oxygen atoms in total. The van der Waals surface area contributed by atoms with Crippen molar-refractivity contribution in [2.24, 2.45) is 0 Å². The molecule has 1 heterocycles. The number of benzene rings is 1. The Kier molecular flexibility index (Phi) is 3.21. The molecule has 0 bridgehead atoms. The summed E-state index contributed by atoms with van der Waals surface area (Å²) in [4.78, 5) is 16.5. The molecular formula is C12H12F3N3O. The first-order valence-corrected chi connectivity index (χ1v) is 5.53. The summed E-state index contributed by atoms with van der Waals surface area (Å²) in [7, 11) is 2.99. The zero-order chi connectivity index (χ0) is 14.2. The highest BCUT2D eigenvalue weighted by Crippen LogP contribution is 2.31. The van der Waals surface area contributed by atoms with E-state index in [0.29, 0.717) is 5.52 Å². The Bertz CT molecular complexity index is 616. The molecule has 0 saturated heterocycles. The van der Waals surface area contributed by atoms with Gasteiger partial charge in [0.05, 0.1) is 11.0 Å². The van der Waals surface area contributed by atoms with Crippen LogP contribution < -0.4 is 0 Å². The minimum atomic E-state index is -4.59. The van der Waals surface area contributed by atoms with E-state index in [1.54, 1.807) is 12.1 Å². The van der Waals surface area contributed by atoms with E-state index in [0.717, 1.165) is 4.57 Å². The molecule has 2 rings (SSSR count). The third-order valence-electron chi connectivity index (χ3n) is 2.70. The number of alkyl halides is 3. The molecule has 0 spiro atoms. The Hall–Kier alpha value is -2.05. The number of amides is 1. The van der Waals surface area contributed by atoms with Crippen molar-refractivity contribution in [2.45, 2.75) is 12.7 Å². The number of rotatable bonds is 2. The summed E-state index contributed by atoms with van der Waals surface area (Å²) < 4.78 is 39.7. The van der Waals surface area contributed by atoms with Crippen molar-refractivity contribution in [3.8, 4) is 0 Å². The molecule has 0 N–H and O–H groups in total. The predicted molar refractivity (Wildman–Crippen MR) is 63.4 cm³/mol. The minimum Gasteiger partial charge on any atom is -0.347 e. The summed E-state index contributed by atoms with van der Waals surface area (Å²) in [5.41, 5.74) is 0.520. The molecule has 0 atom stereocenters. The zero-order valence-electron chi connectivity index (χ0n) is 10.4. The van der Waals surface area contributed by atoms with Crippen LogP contribution >= 0.6 is 0 Å². The topological polar surface area (TPSA) is 38.1 Å². The van der Waals surface area contributed by atoms with E-state index in [1.807, 2.05) is 0 Å². The molecule has 102 valence electrons. The maximum Gasteiger partial charge on any atom is 0.449 e. The predicted octanol–water partition coefficient (Wildman–Crippen LogP) is 2.14. The smallest absolute Gasteiger partial charge is 0.347 e. The normalized spacial score (nSPS) is 11.8. The number of imidazole rings is 1. The third-order valence-corrected chi connectivity index (χ3v) is 2.70. The van der Waals surface area contributed by atoms with Crippen LogP contribution in [0.15, 0.2) is 24.3 Å². The minimum absolute atomic E-state index is 0.224. The van der Waals surface area contributed by atoms with Gasteiger partial charge in [-0.1, -0.05) is 12.1 Å². The molecule has 0 fully saturated rings. The number of hydrogen-bond acceptors (Lipinski definition) is 2. The largest absolute Gasteiger partial charge is 0.449 e. The van der Waals surface area contributed by atoms with Crippen LogP contribution in [0.25, 0.3) is 11.0 Å². The standard InChI is InChI=1S/C12H12F3N3O/c1-17(2)10(19)7-18-9-6-4-3-5-8(9)16-11(18)12(13,14)15/h3-6H,7H2,1-2H3. The van der Waals surface area contributed by atoms with Crippen LogP contribution in [-0.2, 0) is 17.5 Å². The lowest BCUT2D eigenvalue weighted by atomic mass is 10.3. The zero-order valence-corrected chi connectivity index (χ0v) is 10.4. The molecule has 0 radical (unpaired) electrons. The lowest BCUT2D eigenvalue weighted by Gasteiger charge is -2.14. The van der Waals surface area contributed by atoms with Crippen molar-refractivity contribution < 1.29 is 18.0 Å². The number of hydrogen-bond donors (Lipinski definition) is 0. The number of para-hydroxylation sites is 2. The Labute approximate surface area is 107 Å². The van der Waals surface area contributed by atoms with Crippen LogP contribution in [0.3, 0.4) is 0 Å². The van der Waals surface area contributed by atoms with Gasteiger partial charge in [0.1, 0.15) is 6.54 Å². The van der Waals surface area contributed by atoms with Crippen molar-refractivity contribution in [3.63, 3.8) is 0 Å².